The molecule has 5 heteroatoms. The van der Waals surface area contributed by atoms with Crippen LogP contribution in [0.1, 0.15) is 28.9 Å². The van der Waals surface area contributed by atoms with E-state index in [9.17, 15) is 9.18 Å². The highest BCUT2D eigenvalue weighted by atomic mass is 35.5. The predicted octanol–water partition coefficient (Wildman–Crippen LogP) is 3.55. The zero-order chi connectivity index (χ0) is 14.7. The number of nitrogens with two attached hydrogens (primary N) is 1. The summed E-state index contributed by atoms with van der Waals surface area (Å²) in [5.74, 6) is -0.568. The second-order valence-electron chi connectivity index (χ2n) is 4.48. The first-order valence-corrected chi connectivity index (χ1v) is 6.46. The predicted molar refractivity (Wildman–Crippen MR) is 78.1 cm³/mol. The van der Waals surface area contributed by atoms with E-state index in [1.165, 1.54) is 18.2 Å². The molecule has 20 heavy (non-hydrogen) atoms. The number of nitrogens with one attached hydrogen (secondary N) is 1. The van der Waals surface area contributed by atoms with Crippen molar-refractivity contribution in [2.75, 3.05) is 5.73 Å². The van der Waals surface area contributed by atoms with Crippen molar-refractivity contribution in [2.45, 2.75) is 13.0 Å². The number of hydrogen-bond acceptors (Lipinski definition) is 2. The summed E-state index contributed by atoms with van der Waals surface area (Å²) in [5.41, 5.74) is 7.27. The first kappa shape index (κ1) is 14.3. The molecule has 0 aliphatic heterocycles. The SMILES string of the molecule is C[C@H](NC(=O)c1ccc(N)c(Cl)c1)c1ccc(F)cc1. The topological polar surface area (TPSA) is 55.1 Å². The van der Waals surface area contributed by atoms with Crippen LogP contribution in [-0.2, 0) is 0 Å². The first-order chi connectivity index (χ1) is 9.47. The zero-order valence-corrected chi connectivity index (χ0v) is 11.6. The maximum Gasteiger partial charge on any atom is 0.251 e. The van der Waals surface area contributed by atoms with Gasteiger partial charge in [-0.1, -0.05) is 23.7 Å². The highest BCUT2D eigenvalue weighted by Crippen LogP contribution is 2.20. The van der Waals surface area contributed by atoms with Gasteiger partial charge in [0.2, 0.25) is 0 Å². The second kappa shape index (κ2) is 5.92. The summed E-state index contributed by atoms with van der Waals surface area (Å²) in [7, 11) is 0. The normalized spacial score (nSPS) is 11.9. The summed E-state index contributed by atoms with van der Waals surface area (Å²) in [4.78, 5) is 12.1. The fourth-order valence-electron chi connectivity index (χ4n) is 1.78. The smallest absolute Gasteiger partial charge is 0.251 e. The summed E-state index contributed by atoms with van der Waals surface area (Å²) in [6.07, 6.45) is 0. The molecule has 0 heterocycles. The molecule has 2 aromatic rings. The Hall–Kier alpha value is -2.07. The van der Waals surface area contributed by atoms with E-state index in [1.54, 1.807) is 24.3 Å². The molecule has 0 aliphatic rings. The third-order valence-electron chi connectivity index (χ3n) is 2.98. The van der Waals surface area contributed by atoms with Crippen LogP contribution in [0, 0.1) is 5.82 Å². The van der Waals surface area contributed by atoms with E-state index in [0.717, 1.165) is 5.56 Å². The van der Waals surface area contributed by atoms with Gasteiger partial charge in [-0.25, -0.2) is 4.39 Å². The lowest BCUT2D eigenvalue weighted by Gasteiger charge is -2.14. The molecule has 3 nitrogen and oxygen atoms in total. The molecule has 0 saturated heterocycles. The van der Waals surface area contributed by atoms with Crippen LogP contribution in [0.25, 0.3) is 0 Å². The first-order valence-electron chi connectivity index (χ1n) is 6.08. The van der Waals surface area contributed by atoms with Gasteiger partial charge in [0.25, 0.3) is 5.91 Å². The number of carbonyl (C=O) groups excluding carboxylic acids is 1. The number of rotatable bonds is 3. The largest absolute Gasteiger partial charge is 0.398 e. The number of amides is 1. The Morgan fingerprint density at radius 2 is 1.90 bits per heavy atom. The van der Waals surface area contributed by atoms with E-state index >= 15 is 0 Å². The summed E-state index contributed by atoms with van der Waals surface area (Å²) in [6, 6.07) is 10.5. The van der Waals surface area contributed by atoms with Gasteiger partial charge >= 0.3 is 0 Å². The van der Waals surface area contributed by atoms with Crippen molar-refractivity contribution in [1.29, 1.82) is 0 Å². The van der Waals surface area contributed by atoms with Crippen LogP contribution in [0.4, 0.5) is 10.1 Å². The van der Waals surface area contributed by atoms with Gasteiger partial charge in [0, 0.05) is 5.56 Å². The van der Waals surface area contributed by atoms with E-state index in [0.29, 0.717) is 16.3 Å². The van der Waals surface area contributed by atoms with Crippen molar-refractivity contribution in [3.8, 4) is 0 Å². The summed E-state index contributed by atoms with van der Waals surface area (Å²) in [6.45, 7) is 1.82. The van der Waals surface area contributed by atoms with Crippen LogP contribution in [0.5, 0.6) is 0 Å². The zero-order valence-electron chi connectivity index (χ0n) is 10.9. The van der Waals surface area contributed by atoms with Gasteiger partial charge in [-0.2, -0.15) is 0 Å². The highest BCUT2D eigenvalue weighted by molar-refractivity contribution is 6.33. The number of hydrogen-bond donors (Lipinski definition) is 2. The van der Waals surface area contributed by atoms with Gasteiger partial charge in [-0.05, 0) is 42.8 Å². The van der Waals surface area contributed by atoms with Crippen LogP contribution in [0.3, 0.4) is 0 Å². The van der Waals surface area contributed by atoms with E-state index in [-0.39, 0.29) is 17.8 Å². The Kier molecular flexibility index (Phi) is 4.25. The molecule has 0 bridgehead atoms. The van der Waals surface area contributed by atoms with Gasteiger partial charge in [-0.3, -0.25) is 4.79 Å². The Morgan fingerprint density at radius 1 is 1.25 bits per heavy atom. The Bertz CT molecular complexity index is 628. The third-order valence-corrected chi connectivity index (χ3v) is 3.31. The highest BCUT2D eigenvalue weighted by Gasteiger charge is 2.12. The fourth-order valence-corrected chi connectivity index (χ4v) is 1.96. The Labute approximate surface area is 121 Å². The fraction of sp³-hybridized carbons (Fsp3) is 0.133. The van der Waals surface area contributed by atoms with Crippen LogP contribution >= 0.6 is 11.6 Å². The van der Waals surface area contributed by atoms with E-state index in [1.807, 2.05) is 6.92 Å². The number of nitrogen functional groups attached to an aromatic ring is 1. The molecule has 0 aliphatic carbocycles. The van der Waals surface area contributed by atoms with Crippen LogP contribution in [-0.4, -0.2) is 5.91 Å². The maximum atomic E-state index is 12.8. The van der Waals surface area contributed by atoms with Gasteiger partial charge in [0.1, 0.15) is 5.82 Å². The standard InChI is InChI=1S/C15H14ClFN2O/c1-9(10-2-5-12(17)6-3-10)19-15(20)11-4-7-14(18)13(16)8-11/h2-9H,18H2,1H3,(H,19,20)/t9-/m0/s1. The van der Waals surface area contributed by atoms with Crippen molar-refractivity contribution in [3.05, 3.63) is 64.4 Å². The monoisotopic (exact) mass is 292 g/mol. The summed E-state index contributed by atoms with van der Waals surface area (Å²) in [5, 5.41) is 3.16. The molecule has 2 rings (SSSR count). The summed E-state index contributed by atoms with van der Waals surface area (Å²) < 4.78 is 12.8. The lowest BCUT2D eigenvalue weighted by atomic mass is 10.1. The van der Waals surface area contributed by atoms with Crippen LogP contribution < -0.4 is 11.1 Å². The quantitative estimate of drug-likeness (QED) is 0.850. The lowest BCUT2D eigenvalue weighted by molar-refractivity contribution is 0.0940. The van der Waals surface area contributed by atoms with Crippen molar-refractivity contribution in [3.63, 3.8) is 0 Å². The molecular weight excluding hydrogens is 279 g/mol. The average Bonchev–Trinajstić information content (AvgIpc) is 2.42. The van der Waals surface area contributed by atoms with Gasteiger partial charge in [0.15, 0.2) is 0 Å². The molecule has 0 radical (unpaired) electrons. The Balaban J connectivity index is 2.10. The molecule has 0 saturated carbocycles. The van der Waals surface area contributed by atoms with Crippen molar-refractivity contribution in [1.82, 2.24) is 5.32 Å². The van der Waals surface area contributed by atoms with Crippen molar-refractivity contribution < 1.29 is 9.18 Å². The van der Waals surface area contributed by atoms with Gasteiger partial charge < -0.3 is 11.1 Å². The minimum atomic E-state index is -0.308. The molecule has 0 unspecified atom stereocenters. The molecule has 3 N–H and O–H groups in total. The molecule has 2 aromatic carbocycles. The summed E-state index contributed by atoms with van der Waals surface area (Å²) >= 11 is 5.88. The van der Waals surface area contributed by atoms with Gasteiger partial charge in [0.05, 0.1) is 16.8 Å². The van der Waals surface area contributed by atoms with E-state index in [2.05, 4.69) is 5.32 Å². The molecular formula is C15H14ClFN2O. The Morgan fingerprint density at radius 3 is 2.50 bits per heavy atom. The molecule has 0 spiro atoms. The number of halogens is 2. The molecule has 0 fully saturated rings. The molecule has 104 valence electrons. The van der Waals surface area contributed by atoms with E-state index < -0.39 is 0 Å². The number of anilines is 1. The maximum absolute atomic E-state index is 12.8. The van der Waals surface area contributed by atoms with Crippen molar-refractivity contribution >= 4 is 23.2 Å². The van der Waals surface area contributed by atoms with Crippen LogP contribution in [0.2, 0.25) is 5.02 Å². The van der Waals surface area contributed by atoms with E-state index in [4.69, 9.17) is 17.3 Å². The minimum Gasteiger partial charge on any atom is -0.398 e. The van der Waals surface area contributed by atoms with Crippen LogP contribution in [0.15, 0.2) is 42.5 Å². The lowest BCUT2D eigenvalue weighted by Crippen LogP contribution is -2.26. The van der Waals surface area contributed by atoms with Gasteiger partial charge in [-0.15, -0.1) is 0 Å². The number of carbonyl (C=O) groups is 1. The average molecular weight is 293 g/mol. The third kappa shape index (κ3) is 3.27. The molecule has 1 amide bonds. The minimum absolute atomic E-state index is 0.237. The number of benzene rings is 2. The van der Waals surface area contributed by atoms with Crippen molar-refractivity contribution in [2.24, 2.45) is 0 Å². The second-order valence-corrected chi connectivity index (χ2v) is 4.89. The molecule has 0 aromatic heterocycles. The molecule has 1 atom stereocenters.